The van der Waals surface area contributed by atoms with Crippen LogP contribution in [0.25, 0.3) is 0 Å². The van der Waals surface area contributed by atoms with Crippen LogP contribution in [-0.2, 0) is 12.8 Å². The summed E-state index contributed by atoms with van der Waals surface area (Å²) in [4.78, 5) is 4.13. The van der Waals surface area contributed by atoms with Crippen molar-refractivity contribution in [3.63, 3.8) is 0 Å². The quantitative estimate of drug-likeness (QED) is 0.657. The van der Waals surface area contributed by atoms with E-state index in [-0.39, 0.29) is 11.9 Å². The lowest BCUT2D eigenvalue weighted by atomic mass is 10.0. The summed E-state index contributed by atoms with van der Waals surface area (Å²) in [5.74, 6) is 5.36. The molecule has 0 spiro atoms. The molecule has 3 nitrogen and oxygen atoms in total. The Kier molecular flexibility index (Phi) is 5.01. The van der Waals surface area contributed by atoms with Crippen molar-refractivity contribution in [2.24, 2.45) is 5.84 Å². The molecule has 0 amide bonds. The van der Waals surface area contributed by atoms with Gasteiger partial charge in [-0.15, -0.1) is 0 Å². The standard InChI is InChI=1S/C14H15BrFN3/c15-12-5-11(8-18-9-12)7-14(19-17)6-10-1-3-13(16)4-2-10/h1-5,8-9,14,19H,6-7,17H2. The first kappa shape index (κ1) is 14.1. The Morgan fingerprint density at radius 1 is 1.16 bits per heavy atom. The van der Waals surface area contributed by atoms with E-state index in [1.807, 2.05) is 12.3 Å². The largest absolute Gasteiger partial charge is 0.271 e. The first-order chi connectivity index (χ1) is 9.17. The van der Waals surface area contributed by atoms with E-state index >= 15 is 0 Å². The van der Waals surface area contributed by atoms with Crippen LogP contribution in [0.5, 0.6) is 0 Å². The van der Waals surface area contributed by atoms with E-state index < -0.39 is 0 Å². The minimum absolute atomic E-state index is 0.0848. The maximum absolute atomic E-state index is 12.8. The van der Waals surface area contributed by atoms with Crippen LogP contribution in [0.3, 0.4) is 0 Å². The molecular formula is C14H15BrFN3. The lowest BCUT2D eigenvalue weighted by molar-refractivity contribution is 0.521. The van der Waals surface area contributed by atoms with Crippen LogP contribution in [0, 0.1) is 5.82 Å². The van der Waals surface area contributed by atoms with Crippen molar-refractivity contribution in [3.05, 3.63) is 64.1 Å². The Morgan fingerprint density at radius 2 is 1.84 bits per heavy atom. The van der Waals surface area contributed by atoms with E-state index in [9.17, 15) is 4.39 Å². The van der Waals surface area contributed by atoms with Crippen LogP contribution in [-0.4, -0.2) is 11.0 Å². The summed E-state index contributed by atoms with van der Waals surface area (Å²) in [6.45, 7) is 0. The van der Waals surface area contributed by atoms with Gasteiger partial charge in [0.25, 0.3) is 0 Å². The first-order valence-corrected chi connectivity index (χ1v) is 6.76. The second-order valence-corrected chi connectivity index (χ2v) is 5.33. The van der Waals surface area contributed by atoms with Crippen molar-refractivity contribution in [2.75, 3.05) is 0 Å². The second-order valence-electron chi connectivity index (χ2n) is 4.41. The van der Waals surface area contributed by atoms with Crippen LogP contribution in [0.2, 0.25) is 0 Å². The van der Waals surface area contributed by atoms with Gasteiger partial charge in [-0.25, -0.2) is 4.39 Å². The van der Waals surface area contributed by atoms with Gasteiger partial charge in [-0.3, -0.25) is 16.3 Å². The summed E-state index contributed by atoms with van der Waals surface area (Å²) in [6, 6.07) is 8.58. The average Bonchev–Trinajstić information content (AvgIpc) is 2.40. The summed E-state index contributed by atoms with van der Waals surface area (Å²) in [5, 5.41) is 0. The minimum Gasteiger partial charge on any atom is -0.271 e. The first-order valence-electron chi connectivity index (χ1n) is 5.97. The highest BCUT2D eigenvalue weighted by Gasteiger charge is 2.09. The zero-order valence-corrected chi connectivity index (χ0v) is 11.9. The molecule has 2 rings (SSSR count). The van der Waals surface area contributed by atoms with Gasteiger partial charge >= 0.3 is 0 Å². The molecular weight excluding hydrogens is 309 g/mol. The molecule has 0 aliphatic carbocycles. The summed E-state index contributed by atoms with van der Waals surface area (Å²) < 4.78 is 13.8. The van der Waals surface area contributed by atoms with Gasteiger partial charge in [0.2, 0.25) is 0 Å². The van der Waals surface area contributed by atoms with E-state index in [2.05, 4.69) is 26.3 Å². The van der Waals surface area contributed by atoms with Gasteiger partial charge < -0.3 is 0 Å². The van der Waals surface area contributed by atoms with Gasteiger partial charge in [-0.05, 0) is 58.1 Å². The summed E-state index contributed by atoms with van der Waals surface area (Å²) in [5.41, 5.74) is 4.94. The van der Waals surface area contributed by atoms with Crippen LogP contribution < -0.4 is 11.3 Å². The zero-order chi connectivity index (χ0) is 13.7. The molecule has 0 bridgehead atoms. The molecule has 1 unspecified atom stereocenters. The Morgan fingerprint density at radius 3 is 2.47 bits per heavy atom. The van der Waals surface area contributed by atoms with E-state index in [1.165, 1.54) is 12.1 Å². The highest BCUT2D eigenvalue weighted by Crippen LogP contribution is 2.13. The number of pyridine rings is 1. The SMILES string of the molecule is NNC(Cc1ccc(F)cc1)Cc1cncc(Br)c1. The molecule has 1 aromatic carbocycles. The molecule has 5 heteroatoms. The summed E-state index contributed by atoms with van der Waals surface area (Å²) >= 11 is 3.39. The zero-order valence-electron chi connectivity index (χ0n) is 10.3. The number of halogens is 2. The number of benzene rings is 1. The molecule has 0 saturated heterocycles. The van der Waals surface area contributed by atoms with Gasteiger partial charge in [-0.1, -0.05) is 12.1 Å². The number of rotatable bonds is 5. The summed E-state index contributed by atoms with van der Waals surface area (Å²) in [7, 11) is 0. The molecule has 1 atom stereocenters. The molecule has 0 aliphatic heterocycles. The second kappa shape index (κ2) is 6.75. The highest BCUT2D eigenvalue weighted by atomic mass is 79.9. The van der Waals surface area contributed by atoms with Crippen LogP contribution in [0.1, 0.15) is 11.1 Å². The molecule has 2 aromatic rings. The minimum atomic E-state index is -0.225. The molecule has 3 N–H and O–H groups in total. The molecule has 0 radical (unpaired) electrons. The van der Waals surface area contributed by atoms with Gasteiger partial charge in [-0.2, -0.15) is 0 Å². The maximum Gasteiger partial charge on any atom is 0.123 e. The molecule has 1 aromatic heterocycles. The van der Waals surface area contributed by atoms with Gasteiger partial charge in [0, 0.05) is 22.9 Å². The van der Waals surface area contributed by atoms with E-state index in [0.29, 0.717) is 0 Å². The fraction of sp³-hybridized carbons (Fsp3) is 0.214. The Hall–Kier alpha value is -1.30. The van der Waals surface area contributed by atoms with Crippen LogP contribution >= 0.6 is 15.9 Å². The van der Waals surface area contributed by atoms with Crippen molar-refractivity contribution in [2.45, 2.75) is 18.9 Å². The number of nitrogens with two attached hydrogens (primary N) is 1. The molecule has 1 heterocycles. The molecule has 0 saturated carbocycles. The predicted octanol–water partition coefficient (Wildman–Crippen LogP) is 2.60. The average molecular weight is 324 g/mol. The lowest BCUT2D eigenvalue weighted by Crippen LogP contribution is -2.38. The lowest BCUT2D eigenvalue weighted by Gasteiger charge is -2.16. The molecule has 100 valence electrons. The number of aromatic nitrogens is 1. The van der Waals surface area contributed by atoms with Crippen molar-refractivity contribution in [3.8, 4) is 0 Å². The van der Waals surface area contributed by atoms with Crippen molar-refractivity contribution in [1.82, 2.24) is 10.4 Å². The third kappa shape index (κ3) is 4.38. The normalized spacial score (nSPS) is 12.4. The highest BCUT2D eigenvalue weighted by molar-refractivity contribution is 9.10. The van der Waals surface area contributed by atoms with Gasteiger partial charge in [0.1, 0.15) is 5.82 Å². The fourth-order valence-electron chi connectivity index (χ4n) is 1.95. The Labute approximate surface area is 120 Å². The third-order valence-corrected chi connectivity index (χ3v) is 3.31. The molecule has 0 aliphatic rings. The van der Waals surface area contributed by atoms with Gasteiger partial charge in [0.15, 0.2) is 0 Å². The van der Waals surface area contributed by atoms with Crippen molar-refractivity contribution < 1.29 is 4.39 Å². The molecule has 0 fully saturated rings. The number of hydrogen-bond donors (Lipinski definition) is 2. The van der Waals surface area contributed by atoms with Crippen LogP contribution in [0.4, 0.5) is 4.39 Å². The van der Waals surface area contributed by atoms with Crippen molar-refractivity contribution >= 4 is 15.9 Å². The third-order valence-electron chi connectivity index (χ3n) is 2.87. The summed E-state index contributed by atoms with van der Waals surface area (Å²) in [6.07, 6.45) is 5.07. The Balaban J connectivity index is 2.02. The monoisotopic (exact) mass is 323 g/mol. The maximum atomic E-state index is 12.8. The fourth-order valence-corrected chi connectivity index (χ4v) is 2.36. The smallest absolute Gasteiger partial charge is 0.123 e. The van der Waals surface area contributed by atoms with E-state index in [4.69, 9.17) is 5.84 Å². The van der Waals surface area contributed by atoms with E-state index in [1.54, 1.807) is 18.3 Å². The number of nitrogens with one attached hydrogen (secondary N) is 1. The van der Waals surface area contributed by atoms with Crippen molar-refractivity contribution in [1.29, 1.82) is 0 Å². The Bertz CT molecular complexity index is 530. The predicted molar refractivity (Wildman–Crippen MR) is 76.9 cm³/mol. The van der Waals surface area contributed by atoms with Crippen LogP contribution in [0.15, 0.2) is 47.2 Å². The number of hydrogen-bond acceptors (Lipinski definition) is 3. The van der Waals surface area contributed by atoms with E-state index in [0.717, 1.165) is 28.4 Å². The number of nitrogens with zero attached hydrogens (tertiary/aromatic N) is 1. The topological polar surface area (TPSA) is 50.9 Å². The molecule has 19 heavy (non-hydrogen) atoms. The van der Waals surface area contributed by atoms with Gasteiger partial charge in [0.05, 0.1) is 0 Å². The number of hydrazine groups is 1.